The van der Waals surface area contributed by atoms with Crippen molar-refractivity contribution in [2.45, 2.75) is 32.6 Å². The molecule has 0 aliphatic rings. The molecule has 0 saturated heterocycles. The summed E-state index contributed by atoms with van der Waals surface area (Å²) in [5.74, 6) is 2.38. The fourth-order valence-electron chi connectivity index (χ4n) is 2.12. The zero-order chi connectivity index (χ0) is 14.5. The summed E-state index contributed by atoms with van der Waals surface area (Å²) >= 11 is 0. The van der Waals surface area contributed by atoms with Crippen LogP contribution in [0, 0.1) is 6.92 Å². The van der Waals surface area contributed by atoms with Crippen LogP contribution in [0.4, 0.5) is 0 Å². The second-order valence-electron chi connectivity index (χ2n) is 4.97. The first-order valence-electron chi connectivity index (χ1n) is 6.84. The van der Waals surface area contributed by atoms with Crippen molar-refractivity contribution in [3.05, 3.63) is 29.7 Å². The molecule has 1 atom stereocenters. The monoisotopic (exact) mass is 275 g/mol. The van der Waals surface area contributed by atoms with E-state index >= 15 is 0 Å². The highest BCUT2D eigenvalue weighted by Crippen LogP contribution is 2.26. The number of hydrogen-bond donors (Lipinski definition) is 1. The van der Waals surface area contributed by atoms with Gasteiger partial charge in [0.25, 0.3) is 0 Å². The van der Waals surface area contributed by atoms with Gasteiger partial charge in [0.15, 0.2) is 0 Å². The van der Waals surface area contributed by atoms with Crippen LogP contribution >= 0.6 is 0 Å². The largest absolute Gasteiger partial charge is 0.496 e. The lowest BCUT2D eigenvalue weighted by atomic mass is 10.1. The van der Waals surface area contributed by atoms with Crippen molar-refractivity contribution in [2.75, 3.05) is 13.7 Å². The van der Waals surface area contributed by atoms with Gasteiger partial charge < -0.3 is 15.0 Å². The summed E-state index contributed by atoms with van der Waals surface area (Å²) in [6.07, 6.45) is 1.92. The van der Waals surface area contributed by atoms with Gasteiger partial charge in [0, 0.05) is 11.5 Å². The predicted octanol–water partition coefficient (Wildman–Crippen LogP) is 2.90. The smallest absolute Gasteiger partial charge is 0.229 e. The highest BCUT2D eigenvalue weighted by Gasteiger charge is 2.15. The van der Waals surface area contributed by atoms with Crippen LogP contribution in [0.3, 0.4) is 0 Å². The summed E-state index contributed by atoms with van der Waals surface area (Å²) in [6, 6.07) is 5.85. The first-order valence-corrected chi connectivity index (χ1v) is 6.84. The minimum Gasteiger partial charge on any atom is -0.496 e. The van der Waals surface area contributed by atoms with Gasteiger partial charge in [-0.2, -0.15) is 4.98 Å². The molecule has 0 radical (unpaired) electrons. The molecule has 20 heavy (non-hydrogen) atoms. The molecule has 0 aliphatic carbocycles. The maximum absolute atomic E-state index is 5.52. The third-order valence-electron chi connectivity index (χ3n) is 3.36. The summed E-state index contributed by atoms with van der Waals surface area (Å²) in [7, 11) is 1.66. The van der Waals surface area contributed by atoms with E-state index in [1.165, 1.54) is 0 Å². The molecule has 1 unspecified atom stereocenters. The van der Waals surface area contributed by atoms with E-state index in [1.807, 2.05) is 25.1 Å². The fourth-order valence-corrected chi connectivity index (χ4v) is 2.12. The minimum atomic E-state index is 0.235. The van der Waals surface area contributed by atoms with E-state index in [1.54, 1.807) is 7.11 Å². The van der Waals surface area contributed by atoms with E-state index in [2.05, 4.69) is 17.1 Å². The van der Waals surface area contributed by atoms with Crippen LogP contribution in [0.2, 0.25) is 0 Å². The lowest BCUT2D eigenvalue weighted by Crippen LogP contribution is -2.02. The molecule has 0 aliphatic heterocycles. The minimum absolute atomic E-state index is 0.235. The standard InChI is InChI=1S/C15H21N3O2/c1-10(5-4-8-16)15-17-14(18-20-15)12-6-7-13(19-3)11(2)9-12/h6-7,9-10H,4-5,8,16H2,1-3H3. The second-order valence-corrected chi connectivity index (χ2v) is 4.97. The van der Waals surface area contributed by atoms with Crippen LogP contribution in [0.15, 0.2) is 22.7 Å². The molecular weight excluding hydrogens is 254 g/mol. The number of nitrogens with zero attached hydrogens (tertiary/aromatic N) is 2. The Morgan fingerprint density at radius 3 is 2.85 bits per heavy atom. The number of methoxy groups -OCH3 is 1. The fraction of sp³-hybridized carbons (Fsp3) is 0.467. The van der Waals surface area contributed by atoms with E-state index in [0.717, 1.165) is 29.7 Å². The van der Waals surface area contributed by atoms with Crippen LogP contribution in [0.5, 0.6) is 5.75 Å². The first-order chi connectivity index (χ1) is 9.65. The molecule has 2 aromatic rings. The number of rotatable bonds is 6. The Labute approximate surface area is 119 Å². The Kier molecular flexibility index (Phi) is 4.74. The predicted molar refractivity (Wildman–Crippen MR) is 77.7 cm³/mol. The number of hydrogen-bond acceptors (Lipinski definition) is 5. The molecule has 0 saturated carbocycles. The maximum Gasteiger partial charge on any atom is 0.229 e. The van der Waals surface area contributed by atoms with Crippen molar-refractivity contribution >= 4 is 0 Å². The molecule has 0 amide bonds. The molecule has 1 heterocycles. The third kappa shape index (κ3) is 3.17. The molecule has 5 heteroatoms. The number of aryl methyl sites for hydroxylation is 1. The molecule has 2 rings (SSSR count). The van der Waals surface area contributed by atoms with E-state index in [-0.39, 0.29) is 5.92 Å². The van der Waals surface area contributed by atoms with Crippen LogP contribution in [-0.2, 0) is 0 Å². The van der Waals surface area contributed by atoms with Gasteiger partial charge in [0.1, 0.15) is 5.75 Å². The van der Waals surface area contributed by atoms with Crippen LogP contribution in [0.1, 0.15) is 37.1 Å². The zero-order valence-electron chi connectivity index (χ0n) is 12.2. The van der Waals surface area contributed by atoms with E-state index in [9.17, 15) is 0 Å². The molecule has 5 nitrogen and oxygen atoms in total. The van der Waals surface area contributed by atoms with Crippen LogP contribution < -0.4 is 10.5 Å². The summed E-state index contributed by atoms with van der Waals surface area (Å²) < 4.78 is 10.6. The van der Waals surface area contributed by atoms with Gasteiger partial charge in [0.2, 0.25) is 11.7 Å². The van der Waals surface area contributed by atoms with E-state index in [0.29, 0.717) is 18.3 Å². The summed E-state index contributed by atoms with van der Waals surface area (Å²) in [5.41, 5.74) is 7.50. The third-order valence-corrected chi connectivity index (χ3v) is 3.36. The normalized spacial score (nSPS) is 12.4. The van der Waals surface area contributed by atoms with Gasteiger partial charge in [0.05, 0.1) is 7.11 Å². The number of ether oxygens (including phenoxy) is 1. The van der Waals surface area contributed by atoms with Crippen molar-refractivity contribution < 1.29 is 9.26 Å². The highest BCUT2D eigenvalue weighted by molar-refractivity contribution is 5.58. The van der Waals surface area contributed by atoms with Crippen molar-refractivity contribution in [1.29, 1.82) is 0 Å². The number of benzene rings is 1. The van der Waals surface area contributed by atoms with Gasteiger partial charge in [-0.3, -0.25) is 0 Å². The molecule has 2 N–H and O–H groups in total. The Morgan fingerprint density at radius 1 is 1.40 bits per heavy atom. The van der Waals surface area contributed by atoms with Gasteiger partial charge in [-0.25, -0.2) is 0 Å². The Balaban J connectivity index is 2.18. The topological polar surface area (TPSA) is 74.2 Å². The van der Waals surface area contributed by atoms with Gasteiger partial charge in [-0.15, -0.1) is 0 Å². The maximum atomic E-state index is 5.52. The zero-order valence-corrected chi connectivity index (χ0v) is 12.2. The molecule has 0 bridgehead atoms. The number of nitrogens with two attached hydrogens (primary N) is 1. The second kappa shape index (κ2) is 6.52. The average molecular weight is 275 g/mol. The SMILES string of the molecule is COc1ccc(-c2noc(C(C)CCCN)n2)cc1C. The molecule has 0 spiro atoms. The Hall–Kier alpha value is -1.88. The first kappa shape index (κ1) is 14.5. The summed E-state index contributed by atoms with van der Waals surface area (Å²) in [4.78, 5) is 4.47. The summed E-state index contributed by atoms with van der Waals surface area (Å²) in [5, 5.41) is 4.05. The lowest BCUT2D eigenvalue weighted by Gasteiger charge is -2.05. The van der Waals surface area contributed by atoms with Crippen molar-refractivity contribution in [1.82, 2.24) is 10.1 Å². The molecular formula is C15H21N3O2. The lowest BCUT2D eigenvalue weighted by molar-refractivity contribution is 0.352. The molecule has 1 aromatic heterocycles. The van der Waals surface area contributed by atoms with Crippen molar-refractivity contribution in [3.63, 3.8) is 0 Å². The number of aromatic nitrogens is 2. The molecule has 108 valence electrons. The van der Waals surface area contributed by atoms with Crippen molar-refractivity contribution in [2.24, 2.45) is 5.73 Å². The summed E-state index contributed by atoms with van der Waals surface area (Å²) in [6.45, 7) is 4.75. The van der Waals surface area contributed by atoms with E-state index < -0.39 is 0 Å². The van der Waals surface area contributed by atoms with E-state index in [4.69, 9.17) is 15.0 Å². The van der Waals surface area contributed by atoms with Crippen LogP contribution in [0.25, 0.3) is 11.4 Å². The molecule has 0 fully saturated rings. The highest BCUT2D eigenvalue weighted by atomic mass is 16.5. The quantitative estimate of drug-likeness (QED) is 0.877. The molecule has 1 aromatic carbocycles. The van der Waals surface area contributed by atoms with Gasteiger partial charge in [-0.1, -0.05) is 12.1 Å². The Morgan fingerprint density at radius 2 is 2.20 bits per heavy atom. The van der Waals surface area contributed by atoms with Crippen molar-refractivity contribution in [3.8, 4) is 17.1 Å². The van der Waals surface area contributed by atoms with Gasteiger partial charge in [-0.05, 0) is 50.1 Å². The van der Waals surface area contributed by atoms with Gasteiger partial charge >= 0.3 is 0 Å². The van der Waals surface area contributed by atoms with Crippen LogP contribution in [-0.4, -0.2) is 23.8 Å². The Bertz CT molecular complexity index is 566. The average Bonchev–Trinajstić information content (AvgIpc) is 2.94.